The molecule has 1 N–H and O–H groups in total. The van der Waals surface area contributed by atoms with Crippen LogP contribution in [0.3, 0.4) is 0 Å². The van der Waals surface area contributed by atoms with Gasteiger partial charge in [0.15, 0.2) is 0 Å². The van der Waals surface area contributed by atoms with Crippen LogP contribution in [0.5, 0.6) is 0 Å². The lowest BCUT2D eigenvalue weighted by Crippen LogP contribution is -2.44. The number of nitrogens with zero attached hydrogens (tertiary/aromatic N) is 1. The Morgan fingerprint density at radius 1 is 1.14 bits per heavy atom. The van der Waals surface area contributed by atoms with Crippen molar-refractivity contribution >= 4 is 24.8 Å². The molecule has 2 rings (SSSR count). The summed E-state index contributed by atoms with van der Waals surface area (Å²) in [5, 5.41) is 3.18. The summed E-state index contributed by atoms with van der Waals surface area (Å²) in [5.74, 6) is -1.22. The Labute approximate surface area is 133 Å². The Kier molecular flexibility index (Phi) is 7.95. The van der Waals surface area contributed by atoms with Gasteiger partial charge in [0.25, 0.3) is 0 Å². The Morgan fingerprint density at radius 3 is 2.24 bits per heavy atom. The smallest absolute Gasteiger partial charge is 0.314 e. The van der Waals surface area contributed by atoms with E-state index in [9.17, 15) is 17.6 Å². The predicted molar refractivity (Wildman–Crippen MR) is 78.8 cm³/mol. The molecule has 1 saturated heterocycles. The molecule has 1 atom stereocenters. The van der Waals surface area contributed by atoms with Crippen LogP contribution < -0.4 is 5.32 Å². The molecule has 0 radical (unpaired) electrons. The Morgan fingerprint density at radius 2 is 1.71 bits per heavy atom. The van der Waals surface area contributed by atoms with Crippen molar-refractivity contribution < 1.29 is 17.6 Å². The molecule has 1 fully saturated rings. The summed E-state index contributed by atoms with van der Waals surface area (Å²) in [6.07, 6.45) is -4.65. The third-order valence-electron chi connectivity index (χ3n) is 3.48. The molecule has 1 aliphatic rings. The van der Waals surface area contributed by atoms with Gasteiger partial charge >= 0.3 is 6.18 Å². The van der Waals surface area contributed by atoms with Crippen LogP contribution in [0.4, 0.5) is 17.6 Å². The minimum Gasteiger partial charge on any atom is -0.314 e. The van der Waals surface area contributed by atoms with Crippen molar-refractivity contribution in [3.8, 4) is 0 Å². The number of hydrogen-bond acceptors (Lipinski definition) is 2. The highest BCUT2D eigenvalue weighted by Crippen LogP contribution is 2.33. The molecule has 0 aliphatic carbocycles. The van der Waals surface area contributed by atoms with Crippen molar-refractivity contribution in [2.75, 3.05) is 26.2 Å². The van der Waals surface area contributed by atoms with Gasteiger partial charge in [-0.1, -0.05) is 6.07 Å². The Balaban J connectivity index is 0.00000200. The zero-order chi connectivity index (χ0) is 14.0. The summed E-state index contributed by atoms with van der Waals surface area (Å²) in [5.41, 5.74) is -0.692. The molecule has 0 spiro atoms. The van der Waals surface area contributed by atoms with Crippen LogP contribution in [0.1, 0.15) is 24.1 Å². The zero-order valence-electron chi connectivity index (χ0n) is 11.4. The van der Waals surface area contributed by atoms with E-state index < -0.39 is 17.6 Å². The fraction of sp³-hybridized carbons (Fsp3) is 0.538. The van der Waals surface area contributed by atoms with Gasteiger partial charge in [-0.15, -0.1) is 24.8 Å². The largest absolute Gasteiger partial charge is 0.419 e. The second-order valence-electron chi connectivity index (χ2n) is 4.70. The number of piperazine rings is 1. The number of nitrogens with one attached hydrogen (secondary N) is 1. The normalized spacial score (nSPS) is 17.6. The molecule has 0 bridgehead atoms. The molecular weight excluding hydrogens is 331 g/mol. The van der Waals surface area contributed by atoms with Crippen molar-refractivity contribution in [1.29, 1.82) is 0 Å². The van der Waals surface area contributed by atoms with E-state index >= 15 is 0 Å². The van der Waals surface area contributed by atoms with Crippen LogP contribution >= 0.6 is 24.8 Å². The maximum absolute atomic E-state index is 13.2. The number of hydrogen-bond donors (Lipinski definition) is 1. The average molecular weight is 349 g/mol. The monoisotopic (exact) mass is 348 g/mol. The molecule has 1 heterocycles. The molecule has 1 aromatic carbocycles. The first kappa shape index (κ1) is 20.4. The fourth-order valence-electron chi connectivity index (χ4n) is 2.30. The van der Waals surface area contributed by atoms with Gasteiger partial charge < -0.3 is 5.32 Å². The molecule has 122 valence electrons. The highest BCUT2D eigenvalue weighted by atomic mass is 35.5. The molecule has 8 heteroatoms. The van der Waals surface area contributed by atoms with Gasteiger partial charge in [0.2, 0.25) is 0 Å². The molecule has 1 aromatic rings. The molecule has 0 saturated carbocycles. The van der Waals surface area contributed by atoms with E-state index in [1.165, 1.54) is 6.07 Å². The van der Waals surface area contributed by atoms with Crippen molar-refractivity contribution in [3.05, 3.63) is 35.1 Å². The van der Waals surface area contributed by atoms with Gasteiger partial charge in [0.05, 0.1) is 5.56 Å². The lowest BCUT2D eigenvalue weighted by atomic mass is 10.0. The van der Waals surface area contributed by atoms with E-state index in [-0.39, 0.29) is 30.9 Å². The number of benzene rings is 1. The van der Waals surface area contributed by atoms with Crippen molar-refractivity contribution in [3.63, 3.8) is 0 Å². The van der Waals surface area contributed by atoms with Gasteiger partial charge in [-0.25, -0.2) is 4.39 Å². The van der Waals surface area contributed by atoms with Crippen LogP contribution in [0.25, 0.3) is 0 Å². The van der Waals surface area contributed by atoms with E-state index in [0.29, 0.717) is 5.56 Å². The first-order valence-corrected chi connectivity index (χ1v) is 6.21. The third kappa shape index (κ3) is 4.98. The van der Waals surface area contributed by atoms with E-state index in [1.807, 2.05) is 6.92 Å². The highest BCUT2D eigenvalue weighted by molar-refractivity contribution is 5.85. The van der Waals surface area contributed by atoms with E-state index in [0.717, 1.165) is 38.3 Å². The molecule has 2 nitrogen and oxygen atoms in total. The third-order valence-corrected chi connectivity index (χ3v) is 3.48. The summed E-state index contributed by atoms with van der Waals surface area (Å²) in [6.45, 7) is 5.04. The summed E-state index contributed by atoms with van der Waals surface area (Å²) in [7, 11) is 0. The van der Waals surface area contributed by atoms with Crippen LogP contribution in [0, 0.1) is 5.82 Å². The predicted octanol–water partition coefficient (Wildman–Crippen LogP) is 3.65. The lowest BCUT2D eigenvalue weighted by molar-refractivity contribution is -0.140. The van der Waals surface area contributed by atoms with E-state index in [2.05, 4.69) is 10.2 Å². The minimum absolute atomic E-state index is 0. The van der Waals surface area contributed by atoms with Crippen LogP contribution in [0.15, 0.2) is 18.2 Å². The summed E-state index contributed by atoms with van der Waals surface area (Å²) < 4.78 is 51.2. The van der Waals surface area contributed by atoms with Gasteiger partial charge in [-0.2, -0.15) is 13.2 Å². The van der Waals surface area contributed by atoms with Gasteiger partial charge in [-0.3, -0.25) is 4.90 Å². The number of alkyl halides is 3. The van der Waals surface area contributed by atoms with Gasteiger partial charge in [0.1, 0.15) is 5.82 Å². The quantitative estimate of drug-likeness (QED) is 0.820. The first-order chi connectivity index (χ1) is 8.89. The van der Waals surface area contributed by atoms with Gasteiger partial charge in [0, 0.05) is 32.2 Å². The average Bonchev–Trinajstić information content (AvgIpc) is 2.38. The maximum Gasteiger partial charge on any atom is 0.419 e. The fourth-order valence-corrected chi connectivity index (χ4v) is 2.30. The summed E-state index contributed by atoms with van der Waals surface area (Å²) in [6, 6.07) is 3.10. The molecule has 0 amide bonds. The summed E-state index contributed by atoms with van der Waals surface area (Å²) in [4.78, 5) is 2.09. The van der Waals surface area contributed by atoms with Gasteiger partial charge in [-0.05, 0) is 24.6 Å². The van der Waals surface area contributed by atoms with Crippen LogP contribution in [0.2, 0.25) is 0 Å². The standard InChI is InChI=1S/C13H16F4N2.2ClH/c1-9(19-6-4-18-5-7-19)10-2-3-12(14)11(8-10)13(15,16)17;;/h2-3,8-9,18H,4-7H2,1H3;2*1H/t9-;;/m0../s1. The number of rotatable bonds is 2. The maximum atomic E-state index is 13.2. The Hall–Kier alpha value is -0.560. The van der Waals surface area contributed by atoms with Crippen molar-refractivity contribution in [1.82, 2.24) is 10.2 Å². The zero-order valence-corrected chi connectivity index (χ0v) is 13.0. The van der Waals surface area contributed by atoms with E-state index in [1.54, 1.807) is 0 Å². The Bertz CT molecular complexity index is 448. The molecule has 0 unspecified atom stereocenters. The molecular formula is C13H18Cl2F4N2. The molecule has 1 aliphatic heterocycles. The topological polar surface area (TPSA) is 15.3 Å². The lowest BCUT2D eigenvalue weighted by Gasteiger charge is -2.33. The SMILES string of the molecule is C[C@@H](c1ccc(F)c(C(F)(F)F)c1)N1CCNCC1.Cl.Cl. The van der Waals surface area contributed by atoms with Crippen molar-refractivity contribution in [2.45, 2.75) is 19.1 Å². The molecule has 0 aromatic heterocycles. The van der Waals surface area contributed by atoms with Crippen LogP contribution in [-0.2, 0) is 6.18 Å². The number of halogens is 6. The van der Waals surface area contributed by atoms with Crippen LogP contribution in [-0.4, -0.2) is 31.1 Å². The van der Waals surface area contributed by atoms with E-state index in [4.69, 9.17) is 0 Å². The second-order valence-corrected chi connectivity index (χ2v) is 4.70. The highest BCUT2D eigenvalue weighted by Gasteiger charge is 2.34. The second kappa shape index (κ2) is 8.17. The first-order valence-electron chi connectivity index (χ1n) is 6.21. The van der Waals surface area contributed by atoms with Crippen molar-refractivity contribution in [2.24, 2.45) is 0 Å². The molecule has 21 heavy (non-hydrogen) atoms. The summed E-state index contributed by atoms with van der Waals surface area (Å²) >= 11 is 0. The minimum atomic E-state index is -4.65.